The van der Waals surface area contributed by atoms with Crippen LogP contribution in [0.4, 0.5) is 5.69 Å². The molecule has 0 bridgehead atoms. The summed E-state index contributed by atoms with van der Waals surface area (Å²) < 4.78 is 7.77. The minimum absolute atomic E-state index is 0.0953. The van der Waals surface area contributed by atoms with E-state index in [1.165, 1.54) is 0 Å². The number of ketones is 1. The number of rotatable bonds is 11. The fourth-order valence-corrected chi connectivity index (χ4v) is 6.15. The highest BCUT2D eigenvalue weighted by Crippen LogP contribution is 2.36. The van der Waals surface area contributed by atoms with Gasteiger partial charge in [0, 0.05) is 61.8 Å². The number of aromatic hydroxyl groups is 1. The number of fused-ring (bicyclic) bond motifs is 2. The third-order valence-corrected chi connectivity index (χ3v) is 8.63. The van der Waals surface area contributed by atoms with Gasteiger partial charge >= 0.3 is 0 Å². The van der Waals surface area contributed by atoms with Crippen molar-refractivity contribution < 1.29 is 19.7 Å². The Hall–Kier alpha value is -4.61. The van der Waals surface area contributed by atoms with Gasteiger partial charge in [0.05, 0.1) is 16.7 Å². The van der Waals surface area contributed by atoms with Gasteiger partial charge in [0.15, 0.2) is 5.88 Å². The zero-order chi connectivity index (χ0) is 31.7. The van der Waals surface area contributed by atoms with Crippen LogP contribution in [-0.2, 0) is 4.79 Å². The third kappa shape index (κ3) is 6.59. The molecule has 2 aromatic carbocycles. The molecule has 1 unspecified atom stereocenters. The van der Waals surface area contributed by atoms with Crippen molar-refractivity contribution in [2.75, 3.05) is 38.1 Å². The predicted octanol–water partition coefficient (Wildman–Crippen LogP) is 4.66. The molecule has 0 spiro atoms. The number of piperidine rings is 1. The van der Waals surface area contributed by atoms with Gasteiger partial charge in [-0.1, -0.05) is 17.7 Å². The van der Waals surface area contributed by atoms with E-state index in [4.69, 9.17) is 9.72 Å². The quantitative estimate of drug-likeness (QED) is 0.145. The Morgan fingerprint density at radius 1 is 1.18 bits per heavy atom. The largest absolute Gasteiger partial charge is 0.494 e. The molecule has 0 saturated carbocycles. The summed E-state index contributed by atoms with van der Waals surface area (Å²) in [5.41, 5.74) is 4.04. The molecule has 11 nitrogen and oxygen atoms in total. The fourth-order valence-electron chi connectivity index (χ4n) is 6.15. The Morgan fingerprint density at radius 3 is 2.73 bits per heavy atom. The first kappa shape index (κ1) is 30.4. The lowest BCUT2D eigenvalue weighted by Gasteiger charge is -2.32. The Bertz CT molecular complexity index is 1900. The minimum atomic E-state index is -0.818. The summed E-state index contributed by atoms with van der Waals surface area (Å²) >= 11 is 0. The van der Waals surface area contributed by atoms with Gasteiger partial charge in [-0.25, -0.2) is 4.98 Å². The topological polar surface area (TPSA) is 148 Å². The van der Waals surface area contributed by atoms with Gasteiger partial charge in [-0.2, -0.15) is 0 Å². The van der Waals surface area contributed by atoms with Crippen molar-refractivity contribution in [3.05, 3.63) is 70.3 Å². The predicted molar refractivity (Wildman–Crippen MR) is 175 cm³/mol. The summed E-state index contributed by atoms with van der Waals surface area (Å²) in [6.45, 7) is 8.42. The number of H-pyrrole nitrogens is 2. The van der Waals surface area contributed by atoms with Crippen LogP contribution in [0, 0.1) is 13.8 Å². The van der Waals surface area contributed by atoms with Crippen molar-refractivity contribution in [3.63, 3.8) is 0 Å². The first-order valence-electron chi connectivity index (χ1n) is 15.5. The molecule has 236 valence electrons. The number of nitrogens with zero attached hydrogens (tertiary/aromatic N) is 3. The summed E-state index contributed by atoms with van der Waals surface area (Å²) in [6, 6.07) is 11.6. The van der Waals surface area contributed by atoms with Gasteiger partial charge in [-0.3, -0.25) is 9.59 Å². The second-order valence-corrected chi connectivity index (χ2v) is 12.1. The number of ether oxygens (including phenoxy) is 1. The number of aromatic amines is 2. The lowest BCUT2D eigenvalue weighted by atomic mass is 10.0. The maximum atomic E-state index is 13.0. The van der Waals surface area contributed by atoms with E-state index in [2.05, 4.69) is 20.2 Å². The molecule has 3 aromatic heterocycles. The highest BCUT2D eigenvalue weighted by atomic mass is 16.5. The van der Waals surface area contributed by atoms with Gasteiger partial charge in [-0.05, 0) is 63.4 Å². The molecule has 11 heteroatoms. The maximum Gasteiger partial charge on any atom is 0.261 e. The van der Waals surface area contributed by atoms with Crippen LogP contribution in [0.3, 0.4) is 0 Å². The van der Waals surface area contributed by atoms with Crippen molar-refractivity contribution >= 4 is 33.3 Å². The fraction of sp³-hybridized carbons (Fsp3) is 0.382. The zero-order valence-electron chi connectivity index (χ0n) is 25.9. The summed E-state index contributed by atoms with van der Waals surface area (Å²) in [7, 11) is 0. The van der Waals surface area contributed by atoms with Crippen LogP contribution in [0.15, 0.2) is 53.6 Å². The van der Waals surface area contributed by atoms with Gasteiger partial charge in [0.2, 0.25) is 0 Å². The number of hydrogen-bond donors (Lipinski definition) is 5. The van der Waals surface area contributed by atoms with Crippen LogP contribution in [0.2, 0.25) is 0 Å². The summed E-state index contributed by atoms with van der Waals surface area (Å²) in [5, 5.41) is 26.6. The second-order valence-electron chi connectivity index (χ2n) is 12.1. The highest BCUT2D eigenvalue weighted by Gasteiger charge is 2.24. The number of carbonyl (C=O) groups is 1. The van der Waals surface area contributed by atoms with E-state index in [9.17, 15) is 19.8 Å². The van der Waals surface area contributed by atoms with E-state index in [0.717, 1.165) is 60.3 Å². The molecular weight excluding hydrogens is 572 g/mol. The number of Topliss-reactive ketones (excluding diaryl/α,β-unsaturated/α-hetero) is 1. The molecule has 1 atom stereocenters. The lowest BCUT2D eigenvalue weighted by Crippen LogP contribution is -2.35. The van der Waals surface area contributed by atoms with Crippen molar-refractivity contribution in [1.29, 1.82) is 0 Å². The van der Waals surface area contributed by atoms with Gasteiger partial charge in [0.25, 0.3) is 5.56 Å². The zero-order valence-corrected chi connectivity index (χ0v) is 25.9. The number of aliphatic hydroxyl groups excluding tert-OH is 1. The number of likely N-dealkylation sites (tertiary alicyclic amines) is 1. The molecule has 1 aliphatic heterocycles. The second kappa shape index (κ2) is 12.8. The van der Waals surface area contributed by atoms with Gasteiger partial charge in [-0.15, -0.1) is 0 Å². The van der Waals surface area contributed by atoms with Crippen molar-refractivity contribution in [2.24, 2.45) is 0 Å². The van der Waals surface area contributed by atoms with Crippen molar-refractivity contribution in [1.82, 2.24) is 24.4 Å². The van der Waals surface area contributed by atoms with Crippen LogP contribution < -0.4 is 15.6 Å². The summed E-state index contributed by atoms with van der Waals surface area (Å²) in [4.78, 5) is 37.4. The monoisotopic (exact) mass is 612 g/mol. The Labute approximate surface area is 260 Å². The number of benzene rings is 2. The number of pyridine rings is 1. The van der Waals surface area contributed by atoms with Crippen molar-refractivity contribution in [3.8, 4) is 23.0 Å². The van der Waals surface area contributed by atoms with Crippen LogP contribution in [0.25, 0.3) is 33.2 Å². The maximum absolute atomic E-state index is 13.0. The average molecular weight is 613 g/mol. The summed E-state index contributed by atoms with van der Waals surface area (Å²) in [5.74, 6) is 1.52. The van der Waals surface area contributed by atoms with Crippen LogP contribution >= 0.6 is 0 Å². The smallest absolute Gasteiger partial charge is 0.261 e. The van der Waals surface area contributed by atoms with E-state index in [1.54, 1.807) is 19.2 Å². The Morgan fingerprint density at radius 2 is 1.98 bits per heavy atom. The first-order chi connectivity index (χ1) is 21.7. The lowest BCUT2D eigenvalue weighted by molar-refractivity contribution is -0.117. The van der Waals surface area contributed by atoms with Gasteiger partial charge < -0.3 is 39.7 Å². The number of carbonyl (C=O) groups excluding carboxylic acids is 1. The van der Waals surface area contributed by atoms with Crippen molar-refractivity contribution in [2.45, 2.75) is 52.2 Å². The Kier molecular flexibility index (Phi) is 8.64. The number of imidazole rings is 1. The van der Waals surface area contributed by atoms with E-state index in [1.807, 2.05) is 54.9 Å². The van der Waals surface area contributed by atoms with E-state index < -0.39 is 6.10 Å². The molecule has 0 radical (unpaired) electrons. The molecule has 0 aliphatic carbocycles. The number of anilines is 1. The standard InChI is InChI=1S/C34H40N6O5/c1-20-4-5-30(21(2)14-20)45-19-25(42)17-36-27-6-10-35-33(43)31(27)32-37-28-15-23-18-40(34(44)26(23)16-29(28)38-32)24-8-12-39(13-9-24)11-7-22(3)41/h4-6,10,14-16,18,24-25,42,44H,7-9,11-13,17,19H2,1-3H3,(H,37,38)(H2,35,36,43). The molecule has 6 rings (SSSR count). The normalized spacial score (nSPS) is 15.1. The van der Waals surface area contributed by atoms with E-state index in [-0.39, 0.29) is 36.4 Å². The molecule has 1 fully saturated rings. The molecule has 1 aliphatic rings. The minimum Gasteiger partial charge on any atom is -0.494 e. The molecule has 0 amide bonds. The van der Waals surface area contributed by atoms with Gasteiger partial charge in [0.1, 0.15) is 35.6 Å². The molecule has 45 heavy (non-hydrogen) atoms. The summed E-state index contributed by atoms with van der Waals surface area (Å²) in [6.07, 6.45) is 5.07. The molecule has 4 heterocycles. The van der Waals surface area contributed by atoms with Crippen LogP contribution in [0.1, 0.15) is 43.4 Å². The Balaban J connectivity index is 1.17. The SMILES string of the molecule is CC(=O)CCN1CCC(n2cc3cc4[nH]c(-c5c(NCC(O)COc6ccc(C)cc6C)cc[nH]c5=O)nc4cc3c2O)CC1. The number of nitrogens with one attached hydrogen (secondary N) is 3. The molecular formula is C34H40N6O5. The number of hydrogen-bond acceptors (Lipinski definition) is 8. The number of aryl methyl sites for hydroxylation is 2. The van der Waals surface area contributed by atoms with E-state index in [0.29, 0.717) is 34.4 Å². The van der Waals surface area contributed by atoms with E-state index >= 15 is 0 Å². The highest BCUT2D eigenvalue weighted by molar-refractivity contribution is 5.99. The molecule has 1 saturated heterocycles. The molecule has 5 aromatic rings. The molecule has 5 N–H and O–H groups in total. The van der Waals surface area contributed by atoms with Crippen LogP contribution in [0.5, 0.6) is 11.6 Å². The number of aromatic nitrogens is 4. The number of aliphatic hydroxyl groups is 1. The first-order valence-corrected chi connectivity index (χ1v) is 15.5. The average Bonchev–Trinajstić information content (AvgIpc) is 3.57. The van der Waals surface area contributed by atoms with Crippen LogP contribution in [-0.4, -0.2) is 79.3 Å². The third-order valence-electron chi connectivity index (χ3n) is 8.63.